The van der Waals surface area contributed by atoms with Crippen LogP contribution in [0.4, 0.5) is 0 Å². The molecule has 1 aromatic heterocycles. The number of phosphoric ester groups is 1. The van der Waals surface area contributed by atoms with Crippen molar-refractivity contribution in [3.63, 3.8) is 0 Å². The second-order valence-corrected chi connectivity index (χ2v) is 17.6. The highest BCUT2D eigenvalue weighted by Gasteiger charge is 2.27. The number of quaternary nitrogens is 1. The van der Waals surface area contributed by atoms with Crippen molar-refractivity contribution >= 4 is 19.8 Å². The fourth-order valence-electron chi connectivity index (χ4n) is 5.93. The Morgan fingerprint density at radius 2 is 1.38 bits per heavy atom. The molecule has 1 heterocycles. The lowest BCUT2D eigenvalue weighted by Gasteiger charge is -2.24. The third-order valence-corrected chi connectivity index (χ3v) is 10.6. The molecule has 0 saturated heterocycles. The molecule has 0 bridgehead atoms. The van der Waals surface area contributed by atoms with Gasteiger partial charge in [0, 0.05) is 25.7 Å². The summed E-state index contributed by atoms with van der Waals surface area (Å²) in [6.45, 7) is 8.30. The summed E-state index contributed by atoms with van der Waals surface area (Å²) in [5, 5.41) is 10.3. The standard InChI is InChI=1S/C46H78NO10P/c1-8-10-11-12-13-14-15-16-17-18-19-22-25-30-41(48)31-28-34-45(49)53-37-42(38-55-58(51,52)54-36-35-47(5,6)7)56-46(50)33-27-24-21-20-23-26-32-44-40(4)39(3)43(57-44)29-9-2/h13-14,16-17,19,22,25,30,41-42,48H,8-12,15,18,20-21,23-24,26-29,31-38H2,1-7H3/p+1/b14-13-,17-16-,22-19-,30-25+/t41-,42-/m1/s1. The van der Waals surface area contributed by atoms with Crippen LogP contribution in [-0.4, -0.2) is 86.1 Å². The van der Waals surface area contributed by atoms with Crippen LogP contribution < -0.4 is 0 Å². The normalized spacial score (nSPS) is 14.6. The molecule has 0 aliphatic heterocycles. The van der Waals surface area contributed by atoms with Gasteiger partial charge in [0.2, 0.25) is 0 Å². The van der Waals surface area contributed by atoms with Gasteiger partial charge in [0.25, 0.3) is 0 Å². The Labute approximate surface area is 351 Å². The Morgan fingerprint density at radius 1 is 0.741 bits per heavy atom. The van der Waals surface area contributed by atoms with E-state index in [9.17, 15) is 24.2 Å². The summed E-state index contributed by atoms with van der Waals surface area (Å²) in [7, 11) is 1.34. The highest BCUT2D eigenvalue weighted by molar-refractivity contribution is 7.47. The number of furan rings is 1. The molecule has 58 heavy (non-hydrogen) atoms. The SMILES string of the molecule is CCCCC/C=C\C/C=C\C/C=C\C=C\[C@@H](O)CCCC(=O)OC[C@H](COP(=O)(O)OCC[N+](C)(C)C)OC(=O)CCCCCCCCc1oc(CCC)c(C)c1C. The maximum absolute atomic E-state index is 12.7. The Morgan fingerprint density at radius 3 is 2.07 bits per heavy atom. The molecule has 1 unspecified atom stereocenters. The minimum Gasteiger partial charge on any atom is -0.466 e. The number of aliphatic hydroxyl groups excluding tert-OH is 1. The van der Waals surface area contributed by atoms with Crippen molar-refractivity contribution in [1.82, 2.24) is 0 Å². The fraction of sp³-hybridized carbons (Fsp3) is 0.696. The Balaban J connectivity index is 2.46. The second kappa shape index (κ2) is 32.0. The third-order valence-electron chi connectivity index (χ3n) is 9.64. The van der Waals surface area contributed by atoms with Gasteiger partial charge in [0.1, 0.15) is 31.3 Å². The summed E-state index contributed by atoms with van der Waals surface area (Å²) < 4.78 is 40.3. The van der Waals surface area contributed by atoms with Gasteiger partial charge in [-0.05, 0) is 82.8 Å². The molecule has 1 rings (SSSR count). The van der Waals surface area contributed by atoms with Crippen LogP contribution in [0.3, 0.4) is 0 Å². The van der Waals surface area contributed by atoms with Gasteiger partial charge in [-0.15, -0.1) is 0 Å². The molecule has 2 N–H and O–H groups in total. The molecular formula is C46H79NO10P+. The van der Waals surface area contributed by atoms with Gasteiger partial charge >= 0.3 is 19.8 Å². The number of unbranched alkanes of at least 4 members (excludes halogenated alkanes) is 8. The van der Waals surface area contributed by atoms with Crippen molar-refractivity contribution in [2.75, 3.05) is 47.5 Å². The molecule has 0 aromatic carbocycles. The number of likely N-dealkylation sites (N-methyl/N-ethyl adjacent to an activating group) is 1. The topological polar surface area (TPSA) is 142 Å². The quantitative estimate of drug-likeness (QED) is 0.0169. The van der Waals surface area contributed by atoms with E-state index < -0.39 is 38.6 Å². The maximum Gasteiger partial charge on any atom is 0.472 e. The summed E-state index contributed by atoms with van der Waals surface area (Å²) in [6.07, 6.45) is 30.6. The van der Waals surface area contributed by atoms with E-state index in [1.54, 1.807) is 12.2 Å². The number of aryl methyl sites for hydroxylation is 2. The van der Waals surface area contributed by atoms with Crippen LogP contribution in [0.1, 0.15) is 146 Å². The van der Waals surface area contributed by atoms with Gasteiger partial charge < -0.3 is 28.4 Å². The van der Waals surface area contributed by atoms with Crippen LogP contribution in [0.2, 0.25) is 0 Å². The molecule has 0 saturated carbocycles. The van der Waals surface area contributed by atoms with Crippen molar-refractivity contribution in [3.8, 4) is 0 Å². The van der Waals surface area contributed by atoms with Gasteiger partial charge in [0.15, 0.2) is 6.10 Å². The van der Waals surface area contributed by atoms with Crippen LogP contribution in [0.5, 0.6) is 0 Å². The second-order valence-electron chi connectivity index (χ2n) is 16.2. The number of ether oxygens (including phenoxy) is 2. The lowest BCUT2D eigenvalue weighted by Crippen LogP contribution is -2.37. The number of rotatable bonds is 35. The summed E-state index contributed by atoms with van der Waals surface area (Å²) in [6, 6.07) is 0. The average molecular weight is 837 g/mol. The van der Waals surface area contributed by atoms with Crippen molar-refractivity contribution in [2.45, 2.75) is 162 Å². The van der Waals surface area contributed by atoms with Crippen molar-refractivity contribution in [1.29, 1.82) is 0 Å². The lowest BCUT2D eigenvalue weighted by molar-refractivity contribution is -0.870. The number of allylic oxidation sites excluding steroid dienone is 7. The number of aliphatic hydroxyl groups is 1. The molecule has 0 amide bonds. The molecule has 0 radical (unpaired) electrons. The summed E-state index contributed by atoms with van der Waals surface area (Å²) in [5.41, 5.74) is 2.55. The number of carbonyl (C=O) groups excluding carboxylic acids is 2. The van der Waals surface area contributed by atoms with E-state index in [1.807, 2.05) is 33.3 Å². The van der Waals surface area contributed by atoms with E-state index in [0.29, 0.717) is 30.3 Å². The van der Waals surface area contributed by atoms with Crippen LogP contribution in [0.15, 0.2) is 53.0 Å². The van der Waals surface area contributed by atoms with Crippen LogP contribution in [-0.2, 0) is 45.5 Å². The van der Waals surface area contributed by atoms with E-state index in [1.165, 1.54) is 30.4 Å². The first-order valence-corrected chi connectivity index (χ1v) is 23.3. The predicted octanol–water partition coefficient (Wildman–Crippen LogP) is 10.5. The van der Waals surface area contributed by atoms with E-state index in [4.69, 9.17) is 22.9 Å². The van der Waals surface area contributed by atoms with Crippen LogP contribution >= 0.6 is 7.82 Å². The zero-order valence-electron chi connectivity index (χ0n) is 37.1. The molecule has 0 spiro atoms. The number of carbonyl (C=O) groups is 2. The zero-order chi connectivity index (χ0) is 43.1. The molecule has 3 atom stereocenters. The average Bonchev–Trinajstić information content (AvgIpc) is 3.42. The number of phosphoric acid groups is 1. The van der Waals surface area contributed by atoms with Gasteiger partial charge in [-0.2, -0.15) is 0 Å². The van der Waals surface area contributed by atoms with E-state index >= 15 is 0 Å². The zero-order valence-corrected chi connectivity index (χ0v) is 38.0. The highest BCUT2D eigenvalue weighted by atomic mass is 31.2. The third kappa shape index (κ3) is 28.6. The number of hydrogen-bond donors (Lipinski definition) is 2. The summed E-state index contributed by atoms with van der Waals surface area (Å²) >= 11 is 0. The predicted molar refractivity (Wildman–Crippen MR) is 233 cm³/mol. The molecule has 332 valence electrons. The minimum atomic E-state index is -4.44. The van der Waals surface area contributed by atoms with Crippen molar-refractivity contribution in [2.24, 2.45) is 0 Å². The molecule has 11 nitrogen and oxygen atoms in total. The Bertz CT molecular complexity index is 1420. The van der Waals surface area contributed by atoms with Gasteiger partial charge in [-0.1, -0.05) is 101 Å². The number of esters is 2. The summed E-state index contributed by atoms with van der Waals surface area (Å²) in [4.78, 5) is 35.5. The smallest absolute Gasteiger partial charge is 0.466 e. The van der Waals surface area contributed by atoms with Crippen molar-refractivity contribution < 1.29 is 51.6 Å². The van der Waals surface area contributed by atoms with Gasteiger partial charge in [0.05, 0.1) is 33.9 Å². The van der Waals surface area contributed by atoms with Crippen LogP contribution in [0, 0.1) is 13.8 Å². The first-order valence-electron chi connectivity index (χ1n) is 21.8. The number of nitrogens with zero attached hydrogens (tertiary/aromatic N) is 1. The molecule has 1 aromatic rings. The fourth-order valence-corrected chi connectivity index (χ4v) is 6.67. The Kier molecular flexibility index (Phi) is 29.4. The monoisotopic (exact) mass is 837 g/mol. The van der Waals surface area contributed by atoms with E-state index in [0.717, 1.165) is 82.1 Å². The van der Waals surface area contributed by atoms with Crippen molar-refractivity contribution in [3.05, 3.63) is 71.3 Å². The molecule has 0 fully saturated rings. The van der Waals surface area contributed by atoms with Gasteiger partial charge in [-0.3, -0.25) is 18.6 Å². The molecular weight excluding hydrogens is 757 g/mol. The minimum absolute atomic E-state index is 0.00913. The lowest BCUT2D eigenvalue weighted by atomic mass is 10.0. The summed E-state index contributed by atoms with van der Waals surface area (Å²) in [5.74, 6) is 1.17. The first kappa shape index (κ1) is 53.2. The van der Waals surface area contributed by atoms with E-state index in [-0.39, 0.29) is 26.1 Å². The van der Waals surface area contributed by atoms with E-state index in [2.05, 4.69) is 52.0 Å². The Hall–Kier alpha value is -2.79. The molecule has 0 aliphatic rings. The maximum atomic E-state index is 12.7. The molecule has 0 aliphatic carbocycles. The van der Waals surface area contributed by atoms with Crippen LogP contribution in [0.25, 0.3) is 0 Å². The molecule has 12 heteroatoms. The first-order chi connectivity index (χ1) is 27.7. The highest BCUT2D eigenvalue weighted by Crippen LogP contribution is 2.43. The van der Waals surface area contributed by atoms with Gasteiger partial charge in [-0.25, -0.2) is 4.57 Å². The number of hydrogen-bond acceptors (Lipinski definition) is 9. The largest absolute Gasteiger partial charge is 0.472 e.